The molecule has 1 amide bonds. The number of amides is 1. The quantitative estimate of drug-likeness (QED) is 0.704. The fraction of sp³-hybridized carbons (Fsp3) is 0.316. The summed E-state index contributed by atoms with van der Waals surface area (Å²) in [5, 5.41) is 0. The van der Waals surface area contributed by atoms with Crippen LogP contribution in [0, 0.1) is 17.6 Å². The molecule has 5 nitrogen and oxygen atoms in total. The van der Waals surface area contributed by atoms with Crippen molar-refractivity contribution in [2.45, 2.75) is 25.9 Å². The summed E-state index contributed by atoms with van der Waals surface area (Å²) in [5.74, 6) is -1.44. The van der Waals surface area contributed by atoms with E-state index < -0.39 is 17.5 Å². The highest BCUT2D eigenvalue weighted by atomic mass is 19.2. The molecule has 26 heavy (non-hydrogen) atoms. The number of fused-ring (bicyclic) bond motifs is 1. The molecular weight excluding hydrogens is 338 g/mol. The summed E-state index contributed by atoms with van der Waals surface area (Å²) >= 11 is 0. The van der Waals surface area contributed by atoms with Gasteiger partial charge in [0.05, 0.1) is 12.1 Å². The first-order valence-corrected chi connectivity index (χ1v) is 8.54. The molecule has 3 aromatic rings. The molecule has 0 N–H and O–H groups in total. The van der Waals surface area contributed by atoms with Gasteiger partial charge in [-0.2, -0.15) is 0 Å². The van der Waals surface area contributed by atoms with Crippen molar-refractivity contribution in [3.05, 3.63) is 59.6 Å². The number of carbonyl (C=O) groups excluding carboxylic acids is 1. The van der Waals surface area contributed by atoms with Gasteiger partial charge in [0.1, 0.15) is 11.3 Å². The van der Waals surface area contributed by atoms with E-state index in [0.29, 0.717) is 11.7 Å². The highest BCUT2D eigenvalue weighted by molar-refractivity contribution is 5.94. The van der Waals surface area contributed by atoms with Crippen LogP contribution in [0.5, 0.6) is 0 Å². The topological polar surface area (TPSA) is 51.0 Å². The Labute approximate surface area is 149 Å². The van der Waals surface area contributed by atoms with Gasteiger partial charge in [-0.25, -0.2) is 18.7 Å². The number of halogens is 2. The Hall–Kier alpha value is -2.83. The first-order valence-electron chi connectivity index (χ1n) is 8.54. The summed E-state index contributed by atoms with van der Waals surface area (Å²) in [4.78, 5) is 22.9. The molecule has 0 atom stereocenters. The summed E-state index contributed by atoms with van der Waals surface area (Å²) < 4.78 is 29.4. The molecule has 0 aliphatic heterocycles. The van der Waals surface area contributed by atoms with E-state index in [1.54, 1.807) is 13.2 Å². The molecule has 2 heterocycles. The zero-order chi connectivity index (χ0) is 18.3. The molecular formula is C19H18F2N4O. The summed E-state index contributed by atoms with van der Waals surface area (Å²) in [6.45, 7) is 0.997. The molecule has 0 radical (unpaired) electrons. The first kappa shape index (κ1) is 16.6. The third kappa shape index (κ3) is 3.05. The summed E-state index contributed by atoms with van der Waals surface area (Å²) in [7, 11) is 1.56. The van der Waals surface area contributed by atoms with Crippen molar-refractivity contribution in [3.8, 4) is 0 Å². The van der Waals surface area contributed by atoms with Gasteiger partial charge in [-0.1, -0.05) is 6.07 Å². The molecule has 1 aliphatic rings. The molecule has 1 aromatic carbocycles. The Bertz CT molecular complexity index is 981. The Morgan fingerprint density at radius 3 is 2.85 bits per heavy atom. The molecule has 0 unspecified atom stereocenters. The van der Waals surface area contributed by atoms with Crippen LogP contribution in [0.2, 0.25) is 0 Å². The average Bonchev–Trinajstić information content (AvgIpc) is 3.39. The third-order valence-electron chi connectivity index (χ3n) is 4.63. The highest BCUT2D eigenvalue weighted by Crippen LogP contribution is 2.32. The van der Waals surface area contributed by atoms with E-state index in [1.807, 2.05) is 16.7 Å². The number of benzene rings is 1. The standard InChI is InChI=1S/C19H18F2N4O/c1-24(19(26)13-4-2-5-14(20)17(13)21)11-16-23-15-6-3-9-22-18(15)25(16)10-12-7-8-12/h2-6,9,12H,7-8,10-11H2,1H3. The van der Waals surface area contributed by atoms with Crippen molar-refractivity contribution >= 4 is 17.1 Å². The lowest BCUT2D eigenvalue weighted by Crippen LogP contribution is -2.29. The van der Waals surface area contributed by atoms with Crippen LogP contribution in [0.3, 0.4) is 0 Å². The fourth-order valence-electron chi connectivity index (χ4n) is 3.04. The fourth-order valence-corrected chi connectivity index (χ4v) is 3.04. The molecule has 134 valence electrons. The minimum absolute atomic E-state index is 0.192. The van der Waals surface area contributed by atoms with Gasteiger partial charge in [0.25, 0.3) is 5.91 Å². The van der Waals surface area contributed by atoms with Crippen molar-refractivity contribution < 1.29 is 13.6 Å². The number of aromatic nitrogens is 3. The number of hydrogen-bond acceptors (Lipinski definition) is 3. The smallest absolute Gasteiger partial charge is 0.257 e. The zero-order valence-corrected chi connectivity index (χ0v) is 14.3. The maximum absolute atomic E-state index is 13.9. The van der Waals surface area contributed by atoms with Crippen LogP contribution in [0.15, 0.2) is 36.5 Å². The first-order chi connectivity index (χ1) is 12.5. The molecule has 1 aliphatic carbocycles. The van der Waals surface area contributed by atoms with Crippen LogP contribution < -0.4 is 0 Å². The van der Waals surface area contributed by atoms with Crippen molar-refractivity contribution in [1.29, 1.82) is 0 Å². The van der Waals surface area contributed by atoms with Crippen molar-refractivity contribution in [1.82, 2.24) is 19.4 Å². The number of carbonyl (C=O) groups is 1. The summed E-state index contributed by atoms with van der Waals surface area (Å²) in [6.07, 6.45) is 4.07. The number of rotatable bonds is 5. The minimum Gasteiger partial charge on any atom is -0.334 e. The van der Waals surface area contributed by atoms with E-state index >= 15 is 0 Å². The third-order valence-corrected chi connectivity index (χ3v) is 4.63. The Balaban J connectivity index is 1.63. The predicted molar refractivity (Wildman–Crippen MR) is 92.4 cm³/mol. The second-order valence-electron chi connectivity index (χ2n) is 6.69. The van der Waals surface area contributed by atoms with Gasteiger partial charge >= 0.3 is 0 Å². The van der Waals surface area contributed by atoms with Crippen molar-refractivity contribution in [3.63, 3.8) is 0 Å². The van der Waals surface area contributed by atoms with E-state index in [1.165, 1.54) is 29.9 Å². The molecule has 0 saturated heterocycles. The molecule has 4 rings (SSSR count). The maximum atomic E-state index is 13.9. The van der Waals surface area contributed by atoms with Gasteiger partial charge in [0, 0.05) is 19.8 Å². The monoisotopic (exact) mass is 356 g/mol. The van der Waals surface area contributed by atoms with Gasteiger partial charge in [-0.15, -0.1) is 0 Å². The van der Waals surface area contributed by atoms with Crippen molar-refractivity contribution in [2.75, 3.05) is 7.05 Å². The van der Waals surface area contributed by atoms with E-state index in [4.69, 9.17) is 0 Å². The molecule has 2 aromatic heterocycles. The molecule has 0 bridgehead atoms. The maximum Gasteiger partial charge on any atom is 0.257 e. The van der Waals surface area contributed by atoms with Gasteiger partial charge in [-0.05, 0) is 43.0 Å². The number of pyridine rings is 1. The summed E-state index contributed by atoms with van der Waals surface area (Å²) in [6, 6.07) is 7.30. The van der Waals surface area contributed by atoms with E-state index in [9.17, 15) is 13.6 Å². The molecule has 1 saturated carbocycles. The lowest BCUT2D eigenvalue weighted by molar-refractivity contribution is 0.0774. The van der Waals surface area contributed by atoms with Crippen LogP contribution in [0.1, 0.15) is 29.0 Å². The Morgan fingerprint density at radius 1 is 1.27 bits per heavy atom. The van der Waals surface area contributed by atoms with Gasteiger partial charge in [0.15, 0.2) is 17.3 Å². The van der Waals surface area contributed by atoms with Crippen LogP contribution in [0.25, 0.3) is 11.2 Å². The SMILES string of the molecule is CN(Cc1nc2cccnc2n1CC1CC1)C(=O)c1cccc(F)c1F. The predicted octanol–water partition coefficient (Wildman–Crippen LogP) is 3.39. The van der Waals surface area contributed by atoms with Gasteiger partial charge < -0.3 is 9.47 Å². The zero-order valence-electron chi connectivity index (χ0n) is 14.3. The minimum atomic E-state index is -1.13. The Kier molecular flexibility index (Phi) is 4.14. The average molecular weight is 356 g/mol. The number of hydrogen-bond donors (Lipinski definition) is 0. The number of imidazole rings is 1. The van der Waals surface area contributed by atoms with Gasteiger partial charge in [-0.3, -0.25) is 4.79 Å². The highest BCUT2D eigenvalue weighted by Gasteiger charge is 2.26. The van der Waals surface area contributed by atoms with E-state index in [2.05, 4.69) is 9.97 Å². The second-order valence-corrected chi connectivity index (χ2v) is 6.69. The van der Waals surface area contributed by atoms with E-state index in [-0.39, 0.29) is 12.1 Å². The van der Waals surface area contributed by atoms with Gasteiger partial charge in [0.2, 0.25) is 0 Å². The van der Waals surface area contributed by atoms with Crippen LogP contribution in [-0.4, -0.2) is 32.4 Å². The molecule has 1 fully saturated rings. The normalized spacial score (nSPS) is 14.0. The van der Waals surface area contributed by atoms with Crippen LogP contribution >= 0.6 is 0 Å². The summed E-state index contributed by atoms with van der Waals surface area (Å²) in [5.41, 5.74) is 1.27. The lowest BCUT2D eigenvalue weighted by Gasteiger charge is -2.18. The Morgan fingerprint density at radius 2 is 2.08 bits per heavy atom. The van der Waals surface area contributed by atoms with E-state index in [0.717, 1.165) is 23.8 Å². The largest absolute Gasteiger partial charge is 0.334 e. The second kappa shape index (κ2) is 6.48. The van der Waals surface area contributed by atoms with Crippen LogP contribution in [0.4, 0.5) is 8.78 Å². The number of nitrogens with zero attached hydrogens (tertiary/aromatic N) is 4. The lowest BCUT2D eigenvalue weighted by atomic mass is 10.2. The molecule has 7 heteroatoms. The van der Waals surface area contributed by atoms with Crippen LogP contribution in [-0.2, 0) is 13.1 Å². The van der Waals surface area contributed by atoms with Crippen molar-refractivity contribution in [2.24, 2.45) is 5.92 Å². The molecule has 0 spiro atoms.